The van der Waals surface area contributed by atoms with E-state index in [0.717, 1.165) is 24.1 Å². The van der Waals surface area contributed by atoms with E-state index in [1.807, 2.05) is 26.0 Å². The molecule has 108 valence electrons. The molecule has 1 aliphatic heterocycles. The van der Waals surface area contributed by atoms with E-state index in [4.69, 9.17) is 0 Å². The summed E-state index contributed by atoms with van der Waals surface area (Å²) in [6, 6.07) is 10.8. The molecule has 1 aliphatic rings. The van der Waals surface area contributed by atoms with E-state index in [2.05, 4.69) is 6.07 Å². The summed E-state index contributed by atoms with van der Waals surface area (Å²) in [6.07, 6.45) is 1.88. The second-order valence-electron chi connectivity index (χ2n) is 5.68. The summed E-state index contributed by atoms with van der Waals surface area (Å²) in [4.78, 5) is 14.4. The minimum atomic E-state index is -0.445. The van der Waals surface area contributed by atoms with Crippen LogP contribution >= 0.6 is 0 Å². The number of aryl methyl sites for hydroxylation is 3. The highest BCUT2D eigenvalue weighted by Gasteiger charge is 2.25. The number of nitrogens with zero attached hydrogens (tertiary/aromatic N) is 1. The van der Waals surface area contributed by atoms with Crippen LogP contribution in [0.25, 0.3) is 0 Å². The van der Waals surface area contributed by atoms with E-state index in [-0.39, 0.29) is 11.5 Å². The molecule has 0 aromatic heterocycles. The van der Waals surface area contributed by atoms with Gasteiger partial charge in [-0.15, -0.1) is 0 Å². The van der Waals surface area contributed by atoms with Crippen LogP contribution in [0.5, 0.6) is 0 Å². The van der Waals surface area contributed by atoms with Crippen molar-refractivity contribution in [2.45, 2.75) is 26.7 Å². The SMILES string of the molecule is Cc1ccc(C(=O)N2CCCc3cc(C)ccc32)c(F)c1. The zero-order chi connectivity index (χ0) is 15.0. The molecule has 3 rings (SSSR count). The molecule has 3 heteroatoms. The van der Waals surface area contributed by atoms with Crippen LogP contribution in [0.2, 0.25) is 0 Å². The predicted octanol–water partition coefficient (Wildman–Crippen LogP) is 4.04. The summed E-state index contributed by atoms with van der Waals surface area (Å²) in [6.45, 7) is 4.50. The first-order chi connectivity index (χ1) is 10.1. The average molecular weight is 283 g/mol. The lowest BCUT2D eigenvalue weighted by atomic mass is 9.98. The molecule has 1 amide bonds. The number of carbonyl (C=O) groups excluding carboxylic acids is 1. The normalized spacial score (nSPS) is 14.0. The Morgan fingerprint density at radius 1 is 1.10 bits per heavy atom. The molecule has 0 aliphatic carbocycles. The molecule has 2 aromatic rings. The lowest BCUT2D eigenvalue weighted by Gasteiger charge is -2.30. The zero-order valence-electron chi connectivity index (χ0n) is 12.3. The van der Waals surface area contributed by atoms with Gasteiger partial charge in [0.2, 0.25) is 0 Å². The molecule has 0 atom stereocenters. The van der Waals surface area contributed by atoms with Crippen LogP contribution in [-0.4, -0.2) is 12.5 Å². The third-order valence-corrected chi connectivity index (χ3v) is 3.95. The number of fused-ring (bicyclic) bond motifs is 1. The van der Waals surface area contributed by atoms with Crippen LogP contribution in [-0.2, 0) is 6.42 Å². The van der Waals surface area contributed by atoms with Gasteiger partial charge in [0.15, 0.2) is 0 Å². The lowest BCUT2D eigenvalue weighted by molar-refractivity contribution is 0.0981. The Kier molecular flexibility index (Phi) is 3.50. The Morgan fingerprint density at radius 3 is 2.57 bits per heavy atom. The second kappa shape index (κ2) is 5.32. The van der Waals surface area contributed by atoms with Crippen LogP contribution in [0.4, 0.5) is 10.1 Å². The van der Waals surface area contributed by atoms with E-state index < -0.39 is 5.82 Å². The highest BCUT2D eigenvalue weighted by Crippen LogP contribution is 2.29. The van der Waals surface area contributed by atoms with E-state index in [1.165, 1.54) is 17.2 Å². The summed E-state index contributed by atoms with van der Waals surface area (Å²) in [5.41, 5.74) is 4.23. The first kappa shape index (κ1) is 13.8. The van der Waals surface area contributed by atoms with Crippen LogP contribution < -0.4 is 4.90 Å². The van der Waals surface area contributed by atoms with Crippen LogP contribution in [0.3, 0.4) is 0 Å². The van der Waals surface area contributed by atoms with Crippen molar-refractivity contribution in [2.24, 2.45) is 0 Å². The zero-order valence-corrected chi connectivity index (χ0v) is 12.3. The molecule has 0 unspecified atom stereocenters. The maximum absolute atomic E-state index is 14.0. The van der Waals surface area contributed by atoms with Gasteiger partial charge in [-0.2, -0.15) is 0 Å². The number of carbonyl (C=O) groups is 1. The first-order valence-electron chi connectivity index (χ1n) is 7.24. The number of halogens is 1. The Morgan fingerprint density at radius 2 is 1.81 bits per heavy atom. The van der Waals surface area contributed by atoms with Crippen molar-refractivity contribution in [3.63, 3.8) is 0 Å². The van der Waals surface area contributed by atoms with Crippen LogP contribution in [0.15, 0.2) is 36.4 Å². The van der Waals surface area contributed by atoms with E-state index in [0.29, 0.717) is 6.54 Å². The van der Waals surface area contributed by atoms with Gasteiger partial charge in [0.1, 0.15) is 5.82 Å². The smallest absolute Gasteiger partial charge is 0.261 e. The highest BCUT2D eigenvalue weighted by atomic mass is 19.1. The fourth-order valence-corrected chi connectivity index (χ4v) is 2.88. The molecule has 0 saturated heterocycles. The molecular formula is C18H18FNO. The number of rotatable bonds is 1. The fraction of sp³-hybridized carbons (Fsp3) is 0.278. The quantitative estimate of drug-likeness (QED) is 0.773. The van der Waals surface area contributed by atoms with Crippen molar-refractivity contribution < 1.29 is 9.18 Å². The largest absolute Gasteiger partial charge is 0.308 e. The van der Waals surface area contributed by atoms with E-state index in [1.54, 1.807) is 17.0 Å². The summed E-state index contributed by atoms with van der Waals surface area (Å²) in [5.74, 6) is -0.698. The molecule has 1 heterocycles. The molecule has 2 aromatic carbocycles. The lowest BCUT2D eigenvalue weighted by Crippen LogP contribution is -2.36. The van der Waals surface area contributed by atoms with Crippen LogP contribution in [0.1, 0.15) is 33.5 Å². The maximum atomic E-state index is 14.0. The van der Waals surface area contributed by atoms with Crippen molar-refractivity contribution in [2.75, 3.05) is 11.4 Å². The van der Waals surface area contributed by atoms with E-state index in [9.17, 15) is 9.18 Å². The minimum Gasteiger partial charge on any atom is -0.308 e. The maximum Gasteiger partial charge on any atom is 0.261 e. The number of hydrogen-bond donors (Lipinski definition) is 0. The van der Waals surface area contributed by atoms with E-state index >= 15 is 0 Å². The molecule has 0 N–H and O–H groups in total. The first-order valence-corrected chi connectivity index (χ1v) is 7.24. The van der Waals surface area contributed by atoms with Crippen molar-refractivity contribution in [1.29, 1.82) is 0 Å². The Hall–Kier alpha value is -2.16. The van der Waals surface area contributed by atoms with Crippen molar-refractivity contribution in [3.05, 3.63) is 64.5 Å². The van der Waals surface area contributed by atoms with Gasteiger partial charge in [-0.3, -0.25) is 4.79 Å². The van der Waals surface area contributed by atoms with Gasteiger partial charge in [-0.1, -0.05) is 23.8 Å². The Bertz CT molecular complexity index is 708. The number of hydrogen-bond acceptors (Lipinski definition) is 1. The third-order valence-electron chi connectivity index (χ3n) is 3.95. The van der Waals surface area contributed by atoms with Gasteiger partial charge in [-0.25, -0.2) is 4.39 Å². The Balaban J connectivity index is 2.00. The monoisotopic (exact) mass is 283 g/mol. The Labute approximate surface area is 124 Å². The molecule has 0 radical (unpaired) electrons. The molecule has 21 heavy (non-hydrogen) atoms. The van der Waals surface area contributed by atoms with Crippen LogP contribution in [0, 0.1) is 19.7 Å². The number of benzene rings is 2. The van der Waals surface area contributed by atoms with Gasteiger partial charge in [-0.05, 0) is 56.0 Å². The minimum absolute atomic E-state index is 0.147. The molecular weight excluding hydrogens is 265 g/mol. The fourth-order valence-electron chi connectivity index (χ4n) is 2.88. The molecule has 2 nitrogen and oxygen atoms in total. The standard InChI is InChI=1S/C18H18FNO/c1-12-6-8-17-14(10-12)4-3-9-20(17)18(21)15-7-5-13(2)11-16(15)19/h5-8,10-11H,3-4,9H2,1-2H3. The van der Waals surface area contributed by atoms with Crippen molar-refractivity contribution in [3.8, 4) is 0 Å². The molecule has 0 spiro atoms. The predicted molar refractivity (Wildman–Crippen MR) is 82.3 cm³/mol. The average Bonchev–Trinajstić information content (AvgIpc) is 2.45. The van der Waals surface area contributed by atoms with Gasteiger partial charge < -0.3 is 4.90 Å². The summed E-state index contributed by atoms with van der Waals surface area (Å²) in [5, 5.41) is 0. The second-order valence-corrected chi connectivity index (χ2v) is 5.68. The number of anilines is 1. The highest BCUT2D eigenvalue weighted by molar-refractivity contribution is 6.07. The number of amides is 1. The summed E-state index contributed by atoms with van der Waals surface area (Å²) < 4.78 is 14.0. The topological polar surface area (TPSA) is 20.3 Å². The van der Waals surface area contributed by atoms with Gasteiger partial charge in [0.05, 0.1) is 5.56 Å². The van der Waals surface area contributed by atoms with Crippen molar-refractivity contribution in [1.82, 2.24) is 0 Å². The molecule has 0 saturated carbocycles. The molecule has 0 fully saturated rings. The van der Waals surface area contributed by atoms with Gasteiger partial charge in [0.25, 0.3) is 5.91 Å². The molecule has 0 bridgehead atoms. The summed E-state index contributed by atoms with van der Waals surface area (Å²) in [7, 11) is 0. The van der Waals surface area contributed by atoms with Crippen molar-refractivity contribution >= 4 is 11.6 Å². The third kappa shape index (κ3) is 2.56. The summed E-state index contributed by atoms with van der Waals surface area (Å²) >= 11 is 0. The van der Waals surface area contributed by atoms with Gasteiger partial charge >= 0.3 is 0 Å². The van der Waals surface area contributed by atoms with Gasteiger partial charge in [0, 0.05) is 12.2 Å².